The third kappa shape index (κ3) is 2.98. The monoisotopic (exact) mass is 224 g/mol. The van der Waals surface area contributed by atoms with Gasteiger partial charge in [-0.2, -0.15) is 0 Å². The summed E-state index contributed by atoms with van der Waals surface area (Å²) < 4.78 is 0. The highest BCUT2D eigenvalue weighted by atomic mass is 15.0. The summed E-state index contributed by atoms with van der Waals surface area (Å²) in [6.45, 7) is 4.63. The fraction of sp³-hybridized carbons (Fsp3) is 1.00. The first-order valence-electron chi connectivity index (χ1n) is 7.18. The van der Waals surface area contributed by atoms with Crippen LogP contribution in [0.3, 0.4) is 0 Å². The molecule has 2 rings (SSSR count). The van der Waals surface area contributed by atoms with Gasteiger partial charge in [-0.3, -0.25) is 0 Å². The van der Waals surface area contributed by atoms with Crippen molar-refractivity contribution in [3.05, 3.63) is 0 Å². The second-order valence-corrected chi connectivity index (χ2v) is 6.20. The lowest BCUT2D eigenvalue weighted by Gasteiger charge is -2.39. The van der Waals surface area contributed by atoms with E-state index in [2.05, 4.69) is 19.2 Å². The Labute approximate surface area is 100 Å². The highest BCUT2D eigenvalue weighted by Gasteiger charge is 2.31. The molecule has 2 heteroatoms. The number of hydrogen-bond acceptors (Lipinski definition) is 2. The summed E-state index contributed by atoms with van der Waals surface area (Å²) in [5.74, 6) is 1.37. The quantitative estimate of drug-likeness (QED) is 0.757. The Hall–Kier alpha value is -0.0800. The third-order valence-electron chi connectivity index (χ3n) is 4.70. The lowest BCUT2D eigenvalue weighted by molar-refractivity contribution is 0.183. The molecule has 16 heavy (non-hydrogen) atoms. The smallest absolute Gasteiger partial charge is 0.00915 e. The van der Waals surface area contributed by atoms with Crippen LogP contribution in [-0.4, -0.2) is 18.1 Å². The topological polar surface area (TPSA) is 38.0 Å². The minimum atomic E-state index is 0.421. The maximum atomic E-state index is 6.19. The molecule has 0 spiro atoms. The van der Waals surface area contributed by atoms with Gasteiger partial charge in [-0.15, -0.1) is 0 Å². The van der Waals surface area contributed by atoms with Crippen LogP contribution in [0.2, 0.25) is 0 Å². The Balaban J connectivity index is 1.81. The average Bonchev–Trinajstić information content (AvgIpc) is 2.27. The van der Waals surface area contributed by atoms with Crippen LogP contribution in [0.5, 0.6) is 0 Å². The van der Waals surface area contributed by atoms with Crippen LogP contribution < -0.4 is 11.1 Å². The summed E-state index contributed by atoms with van der Waals surface area (Å²) >= 11 is 0. The van der Waals surface area contributed by atoms with Crippen LogP contribution in [0.4, 0.5) is 0 Å². The first kappa shape index (κ1) is 12.4. The SMILES string of the molecule is CC1CC(NC2CCCCC2)CC(C)C1N. The minimum Gasteiger partial charge on any atom is -0.327 e. The van der Waals surface area contributed by atoms with Gasteiger partial charge in [0, 0.05) is 18.1 Å². The van der Waals surface area contributed by atoms with Gasteiger partial charge in [0.1, 0.15) is 0 Å². The molecule has 0 aromatic rings. The maximum Gasteiger partial charge on any atom is 0.00915 e. The van der Waals surface area contributed by atoms with E-state index in [0.717, 1.165) is 12.1 Å². The van der Waals surface area contributed by atoms with Gasteiger partial charge in [-0.25, -0.2) is 0 Å². The Bertz CT molecular complexity index is 199. The Morgan fingerprint density at radius 2 is 1.44 bits per heavy atom. The van der Waals surface area contributed by atoms with Crippen LogP contribution in [0, 0.1) is 11.8 Å². The van der Waals surface area contributed by atoms with E-state index >= 15 is 0 Å². The molecule has 2 atom stereocenters. The first-order chi connectivity index (χ1) is 7.66. The molecule has 0 radical (unpaired) electrons. The largest absolute Gasteiger partial charge is 0.327 e. The fourth-order valence-electron chi connectivity index (χ4n) is 3.61. The molecule has 0 aromatic carbocycles. The summed E-state index contributed by atoms with van der Waals surface area (Å²) in [5.41, 5.74) is 6.19. The normalized spacial score (nSPS) is 42.2. The molecular formula is C14H28N2. The molecule has 0 bridgehead atoms. The summed E-state index contributed by atoms with van der Waals surface area (Å²) in [6, 6.07) is 1.95. The second kappa shape index (κ2) is 5.50. The molecule has 0 aromatic heterocycles. The van der Waals surface area contributed by atoms with Crippen molar-refractivity contribution < 1.29 is 0 Å². The van der Waals surface area contributed by atoms with Crippen LogP contribution in [0.1, 0.15) is 58.8 Å². The van der Waals surface area contributed by atoms with Gasteiger partial charge in [0.15, 0.2) is 0 Å². The summed E-state index contributed by atoms with van der Waals surface area (Å²) in [5, 5.41) is 3.88. The molecule has 2 nitrogen and oxygen atoms in total. The fourth-order valence-corrected chi connectivity index (χ4v) is 3.61. The van der Waals surface area contributed by atoms with E-state index in [4.69, 9.17) is 5.73 Å². The van der Waals surface area contributed by atoms with Crippen LogP contribution in [0.25, 0.3) is 0 Å². The zero-order chi connectivity index (χ0) is 11.5. The molecule has 0 saturated heterocycles. The van der Waals surface area contributed by atoms with E-state index in [-0.39, 0.29) is 0 Å². The van der Waals surface area contributed by atoms with Crippen molar-refractivity contribution in [3.8, 4) is 0 Å². The number of nitrogens with two attached hydrogens (primary N) is 1. The van der Waals surface area contributed by atoms with E-state index in [1.807, 2.05) is 0 Å². The van der Waals surface area contributed by atoms with Crippen molar-refractivity contribution in [3.63, 3.8) is 0 Å². The molecule has 3 N–H and O–H groups in total. The number of nitrogens with one attached hydrogen (secondary N) is 1. The molecule has 0 amide bonds. The number of hydrogen-bond donors (Lipinski definition) is 2. The van der Waals surface area contributed by atoms with Crippen LogP contribution >= 0.6 is 0 Å². The Kier molecular flexibility index (Phi) is 4.26. The van der Waals surface area contributed by atoms with Crippen molar-refractivity contribution in [1.82, 2.24) is 5.32 Å². The van der Waals surface area contributed by atoms with E-state index < -0.39 is 0 Å². The first-order valence-corrected chi connectivity index (χ1v) is 7.18. The predicted octanol–water partition coefficient (Wildman–Crippen LogP) is 2.67. The van der Waals surface area contributed by atoms with Gasteiger partial charge in [0.05, 0.1) is 0 Å². The van der Waals surface area contributed by atoms with Gasteiger partial charge in [0.25, 0.3) is 0 Å². The van der Waals surface area contributed by atoms with Gasteiger partial charge < -0.3 is 11.1 Å². The standard InChI is InChI=1S/C14H28N2/c1-10-8-13(9-11(2)14(10)15)16-12-6-4-3-5-7-12/h10-14,16H,3-9,15H2,1-2H3. The van der Waals surface area contributed by atoms with E-state index in [1.54, 1.807) is 0 Å². The molecule has 0 heterocycles. The van der Waals surface area contributed by atoms with Gasteiger partial charge in [-0.05, 0) is 37.5 Å². The molecule has 2 unspecified atom stereocenters. The van der Waals surface area contributed by atoms with Gasteiger partial charge in [-0.1, -0.05) is 33.1 Å². The molecule has 2 saturated carbocycles. The maximum absolute atomic E-state index is 6.19. The summed E-state index contributed by atoms with van der Waals surface area (Å²) in [4.78, 5) is 0. The van der Waals surface area contributed by atoms with Crippen LogP contribution in [0.15, 0.2) is 0 Å². The number of rotatable bonds is 2. The van der Waals surface area contributed by atoms with E-state index in [0.29, 0.717) is 17.9 Å². The minimum absolute atomic E-state index is 0.421. The van der Waals surface area contributed by atoms with Crippen molar-refractivity contribution in [2.75, 3.05) is 0 Å². The zero-order valence-electron chi connectivity index (χ0n) is 10.9. The summed E-state index contributed by atoms with van der Waals surface area (Å²) in [7, 11) is 0. The highest BCUT2D eigenvalue weighted by molar-refractivity contribution is 4.89. The van der Waals surface area contributed by atoms with Crippen molar-refractivity contribution in [1.29, 1.82) is 0 Å². The highest BCUT2D eigenvalue weighted by Crippen LogP contribution is 2.29. The van der Waals surface area contributed by atoms with Crippen LogP contribution in [-0.2, 0) is 0 Å². The zero-order valence-corrected chi connectivity index (χ0v) is 10.9. The third-order valence-corrected chi connectivity index (χ3v) is 4.70. The predicted molar refractivity (Wildman–Crippen MR) is 69.3 cm³/mol. The molecular weight excluding hydrogens is 196 g/mol. The Morgan fingerprint density at radius 1 is 0.875 bits per heavy atom. The molecule has 2 aliphatic rings. The summed E-state index contributed by atoms with van der Waals surface area (Å²) in [6.07, 6.45) is 9.64. The van der Waals surface area contributed by atoms with Crippen molar-refractivity contribution in [2.45, 2.75) is 76.9 Å². The van der Waals surface area contributed by atoms with E-state index in [1.165, 1.54) is 44.9 Å². The molecule has 2 fully saturated rings. The lowest BCUT2D eigenvalue weighted by atomic mass is 9.76. The van der Waals surface area contributed by atoms with Crippen molar-refractivity contribution in [2.24, 2.45) is 17.6 Å². The van der Waals surface area contributed by atoms with Gasteiger partial charge >= 0.3 is 0 Å². The lowest BCUT2D eigenvalue weighted by Crippen LogP contribution is -2.49. The van der Waals surface area contributed by atoms with Crippen molar-refractivity contribution >= 4 is 0 Å². The van der Waals surface area contributed by atoms with E-state index in [9.17, 15) is 0 Å². The average molecular weight is 224 g/mol. The molecule has 0 aliphatic heterocycles. The Morgan fingerprint density at radius 3 is 2.00 bits per heavy atom. The molecule has 94 valence electrons. The second-order valence-electron chi connectivity index (χ2n) is 6.20. The molecule has 2 aliphatic carbocycles. The van der Waals surface area contributed by atoms with Gasteiger partial charge in [0.2, 0.25) is 0 Å².